The number of benzene rings is 1. The summed E-state index contributed by atoms with van der Waals surface area (Å²) in [4.78, 5) is 19.3. The van der Waals surface area contributed by atoms with Gasteiger partial charge in [-0.05, 0) is 0 Å². The summed E-state index contributed by atoms with van der Waals surface area (Å²) in [7, 11) is 0. The van der Waals surface area contributed by atoms with Gasteiger partial charge in [0.25, 0.3) is 0 Å². The molecule has 0 amide bonds. The Kier molecular flexibility index (Phi) is 14.7. The molecule has 0 fully saturated rings. The Morgan fingerprint density at radius 2 is 0.700 bits per heavy atom. The van der Waals surface area contributed by atoms with E-state index in [0.29, 0.717) is 0 Å². The van der Waals surface area contributed by atoms with Crippen molar-refractivity contribution in [2.45, 2.75) is 197 Å². The second kappa shape index (κ2) is 17.8. The minimum atomic E-state index is -2.27. The zero-order valence-electron chi connectivity index (χ0n) is 34.3. The molecule has 0 bridgehead atoms. The van der Waals surface area contributed by atoms with E-state index in [1.807, 2.05) is 0 Å². The van der Waals surface area contributed by atoms with E-state index in [4.69, 9.17) is 0 Å². The number of hydrogen-bond donors (Lipinski definition) is 0. The molecule has 278 valence electrons. The van der Waals surface area contributed by atoms with Crippen LogP contribution in [-0.2, 0) is 10.8 Å². The van der Waals surface area contributed by atoms with Crippen LogP contribution in [-0.4, -0.2) is 36.8 Å². The van der Waals surface area contributed by atoms with Crippen molar-refractivity contribution in [1.82, 2.24) is 0 Å². The van der Waals surface area contributed by atoms with Gasteiger partial charge < -0.3 is 0 Å². The minimum absolute atomic E-state index is 0.198. The number of hydrogen-bond acceptors (Lipinski definition) is 2. The average molecular weight is 929 g/mol. The molecule has 2 aliphatic rings. The third-order valence-electron chi connectivity index (χ3n) is 12.5. The van der Waals surface area contributed by atoms with E-state index >= 15 is 0 Å². The molecule has 0 nitrogen and oxygen atoms in total. The van der Waals surface area contributed by atoms with Crippen LogP contribution in [0.1, 0.15) is 178 Å². The van der Waals surface area contributed by atoms with Crippen molar-refractivity contribution in [1.29, 1.82) is 0 Å². The monoisotopic (exact) mass is 930 g/mol. The molecular weight excluding hydrogens is 854 g/mol. The van der Waals surface area contributed by atoms with Crippen LogP contribution in [0.25, 0.3) is 20.9 Å². The Labute approximate surface area is 326 Å². The fourth-order valence-corrected chi connectivity index (χ4v) is 22.4. The first-order valence-electron chi connectivity index (χ1n) is 21.4. The van der Waals surface area contributed by atoms with Crippen molar-refractivity contribution in [2.24, 2.45) is 0 Å². The molecule has 2 heterocycles. The average Bonchev–Trinajstić information content (AvgIpc) is 3.82. The molecular formula is C46H74S2Sn2. The molecule has 4 heteroatoms. The van der Waals surface area contributed by atoms with Crippen LogP contribution in [0.15, 0.2) is 24.3 Å². The molecule has 1 aromatic carbocycles. The third-order valence-corrected chi connectivity index (χ3v) is 33.7. The maximum absolute atomic E-state index is 2.87. The van der Waals surface area contributed by atoms with Crippen molar-refractivity contribution < 1.29 is 0 Å². The van der Waals surface area contributed by atoms with E-state index in [1.54, 1.807) is 48.9 Å². The van der Waals surface area contributed by atoms with Gasteiger partial charge in [0.05, 0.1) is 0 Å². The first kappa shape index (κ1) is 41.4. The van der Waals surface area contributed by atoms with Crippen LogP contribution in [0.2, 0.25) is 29.6 Å². The Bertz CT molecular complexity index is 1400. The molecule has 3 aromatic rings. The summed E-state index contributed by atoms with van der Waals surface area (Å²) in [6.45, 7) is 9.50. The normalized spacial score (nSPS) is 15.7. The van der Waals surface area contributed by atoms with Crippen LogP contribution >= 0.6 is 22.7 Å². The van der Waals surface area contributed by atoms with Crippen molar-refractivity contribution in [3.8, 4) is 20.9 Å². The summed E-state index contributed by atoms with van der Waals surface area (Å²) in [6, 6.07) is 11.4. The van der Waals surface area contributed by atoms with E-state index in [2.05, 4.69) is 104 Å². The summed E-state index contributed by atoms with van der Waals surface area (Å²) in [6.07, 6.45) is 27.2. The quantitative estimate of drug-likeness (QED) is 0.0696. The Morgan fingerprint density at radius 1 is 0.400 bits per heavy atom. The summed E-state index contributed by atoms with van der Waals surface area (Å²) in [5.74, 6) is 0. The molecule has 0 radical (unpaired) electrons. The molecule has 0 N–H and O–H groups in total. The van der Waals surface area contributed by atoms with Gasteiger partial charge in [-0.25, -0.2) is 0 Å². The predicted octanol–water partition coefficient (Wildman–Crippen LogP) is 15.3. The molecule has 0 spiro atoms. The molecule has 0 unspecified atom stereocenters. The van der Waals surface area contributed by atoms with Gasteiger partial charge in [-0.15, -0.1) is 0 Å². The standard InChI is InChI=1S/C40H56S2.6CH3.2Sn/c1-5-9-13-17-23-39(24-18-14-10-6-2)33-21-27-41-37(33)31-30-36-32(29-35(31)39)38-34(22-28-42-38)40(36,25-19-15-11-7-3)26-20-16-12-8-4;;;;;;;;/h21-22,29-30H,5-20,23-26H2,1-4H3;6*1H3;;. The van der Waals surface area contributed by atoms with Gasteiger partial charge in [-0.1, -0.05) is 0 Å². The summed E-state index contributed by atoms with van der Waals surface area (Å²) in [5, 5.41) is 0. The molecule has 5 rings (SSSR count). The third kappa shape index (κ3) is 8.54. The number of rotatable bonds is 22. The van der Waals surface area contributed by atoms with Gasteiger partial charge in [0.1, 0.15) is 0 Å². The van der Waals surface area contributed by atoms with Crippen LogP contribution in [0, 0.1) is 0 Å². The van der Waals surface area contributed by atoms with Crippen molar-refractivity contribution in [2.75, 3.05) is 0 Å². The first-order chi connectivity index (χ1) is 23.9. The fraction of sp³-hybridized carbons (Fsp3) is 0.696. The Hall–Kier alpha value is 0.217. The van der Waals surface area contributed by atoms with Crippen molar-refractivity contribution >= 4 is 65.2 Å². The number of thiophene rings is 2. The molecule has 0 saturated carbocycles. The van der Waals surface area contributed by atoms with Gasteiger partial charge in [-0.2, -0.15) is 0 Å². The van der Waals surface area contributed by atoms with Gasteiger partial charge in [0, 0.05) is 0 Å². The molecule has 0 saturated heterocycles. The zero-order valence-corrected chi connectivity index (χ0v) is 41.6. The Balaban J connectivity index is 1.75. The van der Waals surface area contributed by atoms with E-state index in [1.165, 1.54) is 128 Å². The van der Waals surface area contributed by atoms with E-state index in [9.17, 15) is 0 Å². The van der Waals surface area contributed by atoms with Crippen LogP contribution in [0.4, 0.5) is 0 Å². The van der Waals surface area contributed by atoms with Crippen molar-refractivity contribution in [3.63, 3.8) is 0 Å². The maximum atomic E-state index is 2.87. The van der Waals surface area contributed by atoms with Crippen molar-refractivity contribution in [3.05, 3.63) is 46.5 Å². The zero-order chi connectivity index (χ0) is 36.2. The van der Waals surface area contributed by atoms with Crippen LogP contribution < -0.4 is 5.79 Å². The fourth-order valence-electron chi connectivity index (χ4n) is 9.43. The molecule has 0 atom stereocenters. The second-order valence-electron chi connectivity index (χ2n) is 18.6. The molecule has 2 aliphatic carbocycles. The number of fused-ring (bicyclic) bond motifs is 6. The summed E-state index contributed by atoms with van der Waals surface area (Å²) >= 11 is -0.0306. The topological polar surface area (TPSA) is 0 Å². The second-order valence-corrected chi connectivity index (χ2v) is 51.5. The van der Waals surface area contributed by atoms with Gasteiger partial charge in [0.2, 0.25) is 0 Å². The van der Waals surface area contributed by atoms with E-state index in [-0.39, 0.29) is 10.8 Å². The first-order valence-corrected chi connectivity index (χ1v) is 43.0. The van der Waals surface area contributed by atoms with Gasteiger partial charge in [0.15, 0.2) is 0 Å². The summed E-state index contributed by atoms with van der Waals surface area (Å²) < 4.78 is 3.60. The Morgan fingerprint density at radius 3 is 0.960 bits per heavy atom. The van der Waals surface area contributed by atoms with Gasteiger partial charge in [-0.3, -0.25) is 0 Å². The van der Waals surface area contributed by atoms with Crippen LogP contribution in [0.3, 0.4) is 0 Å². The van der Waals surface area contributed by atoms with Crippen LogP contribution in [0.5, 0.6) is 0 Å². The predicted molar refractivity (Wildman–Crippen MR) is 236 cm³/mol. The van der Waals surface area contributed by atoms with Gasteiger partial charge >= 0.3 is 329 Å². The van der Waals surface area contributed by atoms with E-state index in [0.717, 1.165) is 0 Å². The molecule has 0 aliphatic heterocycles. The summed E-state index contributed by atoms with van der Waals surface area (Å²) in [5.41, 5.74) is 10.8. The SMILES string of the molecule is CCCCCCC1(CCCCCC)c2cc3c(cc2-c2s[c]([Sn]([CH3])([CH3])[CH3])cc21)C(CCCCCC)(CCCCCC)c1c[c]([Sn]([CH3])([CH3])[CH3])sc1-3. The molecule has 2 aromatic heterocycles. The molecule has 50 heavy (non-hydrogen) atoms. The number of unbranched alkanes of at least 4 members (excludes halogenated alkanes) is 12. The van der Waals surface area contributed by atoms with E-state index < -0.39 is 36.8 Å².